The molecular formula is C14H13NO2. The van der Waals surface area contributed by atoms with Crippen LogP contribution in [0, 0.1) is 6.92 Å². The fourth-order valence-corrected chi connectivity index (χ4v) is 1.74. The SMILES string of the molecule is Cc1cc(O)ccc1C(=O)c1cccc(N)c1. The summed E-state index contributed by atoms with van der Waals surface area (Å²) in [5.74, 6) is 0.0708. The molecule has 2 rings (SSSR count). The van der Waals surface area contributed by atoms with Crippen molar-refractivity contribution < 1.29 is 9.90 Å². The van der Waals surface area contributed by atoms with Crippen LogP contribution in [0.3, 0.4) is 0 Å². The van der Waals surface area contributed by atoms with E-state index in [-0.39, 0.29) is 11.5 Å². The molecule has 0 aliphatic heterocycles. The molecule has 0 saturated carbocycles. The summed E-state index contributed by atoms with van der Waals surface area (Å²) in [6.45, 7) is 1.79. The smallest absolute Gasteiger partial charge is 0.193 e. The van der Waals surface area contributed by atoms with E-state index in [4.69, 9.17) is 5.73 Å². The van der Waals surface area contributed by atoms with Crippen LogP contribution in [-0.2, 0) is 0 Å². The number of nitrogens with two attached hydrogens (primary N) is 1. The molecule has 0 aromatic heterocycles. The lowest BCUT2D eigenvalue weighted by Gasteiger charge is -2.06. The Labute approximate surface area is 99.5 Å². The summed E-state index contributed by atoms with van der Waals surface area (Å²) < 4.78 is 0. The number of carbonyl (C=O) groups is 1. The predicted octanol–water partition coefficient (Wildman–Crippen LogP) is 2.51. The van der Waals surface area contributed by atoms with Crippen LogP contribution in [0.1, 0.15) is 21.5 Å². The number of hydrogen-bond donors (Lipinski definition) is 2. The highest BCUT2D eigenvalue weighted by atomic mass is 16.3. The van der Waals surface area contributed by atoms with Crippen molar-refractivity contribution in [2.24, 2.45) is 0 Å². The molecule has 3 N–H and O–H groups in total. The van der Waals surface area contributed by atoms with Gasteiger partial charge in [0.05, 0.1) is 0 Å². The van der Waals surface area contributed by atoms with Crippen molar-refractivity contribution in [3.8, 4) is 5.75 Å². The second kappa shape index (κ2) is 4.29. The summed E-state index contributed by atoms with van der Waals surface area (Å²) in [6.07, 6.45) is 0. The fraction of sp³-hybridized carbons (Fsp3) is 0.0714. The van der Waals surface area contributed by atoms with Crippen LogP contribution < -0.4 is 5.73 Å². The molecule has 0 amide bonds. The molecule has 3 heteroatoms. The number of hydrogen-bond acceptors (Lipinski definition) is 3. The summed E-state index contributed by atoms with van der Waals surface area (Å²) in [6, 6.07) is 11.6. The highest BCUT2D eigenvalue weighted by Gasteiger charge is 2.11. The molecule has 0 heterocycles. The molecule has 0 bridgehead atoms. The molecule has 0 fully saturated rings. The maximum atomic E-state index is 12.2. The minimum absolute atomic E-state index is 0.0881. The second-order valence-corrected chi connectivity index (χ2v) is 3.95. The van der Waals surface area contributed by atoms with Crippen molar-refractivity contribution in [1.82, 2.24) is 0 Å². The van der Waals surface area contributed by atoms with E-state index in [0.29, 0.717) is 16.8 Å². The predicted molar refractivity (Wildman–Crippen MR) is 67.1 cm³/mol. The molecule has 0 spiro atoms. The second-order valence-electron chi connectivity index (χ2n) is 3.95. The molecule has 0 unspecified atom stereocenters. The Morgan fingerprint density at radius 1 is 1.18 bits per heavy atom. The van der Waals surface area contributed by atoms with Crippen LogP contribution in [0.15, 0.2) is 42.5 Å². The van der Waals surface area contributed by atoms with Crippen LogP contribution in [0.25, 0.3) is 0 Å². The molecule has 0 saturated heterocycles. The van der Waals surface area contributed by atoms with Gasteiger partial charge in [0.2, 0.25) is 0 Å². The number of aryl methyl sites for hydroxylation is 1. The van der Waals surface area contributed by atoms with Crippen molar-refractivity contribution in [3.05, 3.63) is 59.2 Å². The number of ketones is 1. The van der Waals surface area contributed by atoms with E-state index >= 15 is 0 Å². The third kappa shape index (κ3) is 2.28. The molecule has 17 heavy (non-hydrogen) atoms. The van der Waals surface area contributed by atoms with E-state index in [2.05, 4.69) is 0 Å². The van der Waals surface area contributed by atoms with Gasteiger partial charge in [-0.2, -0.15) is 0 Å². The van der Waals surface area contributed by atoms with Crippen LogP contribution in [0.5, 0.6) is 5.75 Å². The topological polar surface area (TPSA) is 63.3 Å². The van der Waals surface area contributed by atoms with Crippen molar-refractivity contribution in [3.63, 3.8) is 0 Å². The summed E-state index contributed by atoms with van der Waals surface area (Å²) >= 11 is 0. The summed E-state index contributed by atoms with van der Waals surface area (Å²) in [5, 5.41) is 9.30. The van der Waals surface area contributed by atoms with E-state index in [0.717, 1.165) is 5.56 Å². The molecule has 86 valence electrons. The van der Waals surface area contributed by atoms with Gasteiger partial charge in [-0.25, -0.2) is 0 Å². The first-order valence-electron chi connectivity index (χ1n) is 5.28. The minimum Gasteiger partial charge on any atom is -0.508 e. The molecule has 3 nitrogen and oxygen atoms in total. The largest absolute Gasteiger partial charge is 0.508 e. The van der Waals surface area contributed by atoms with Crippen LogP contribution in [-0.4, -0.2) is 10.9 Å². The Kier molecular flexibility index (Phi) is 2.83. The van der Waals surface area contributed by atoms with Gasteiger partial charge in [-0.1, -0.05) is 12.1 Å². The Balaban J connectivity index is 2.44. The van der Waals surface area contributed by atoms with Gasteiger partial charge in [0.15, 0.2) is 5.78 Å². The van der Waals surface area contributed by atoms with Gasteiger partial charge in [0.25, 0.3) is 0 Å². The van der Waals surface area contributed by atoms with Gasteiger partial charge in [0.1, 0.15) is 5.75 Å². The zero-order chi connectivity index (χ0) is 12.4. The molecular weight excluding hydrogens is 214 g/mol. The van der Waals surface area contributed by atoms with Gasteiger partial charge in [-0.3, -0.25) is 4.79 Å². The normalized spacial score (nSPS) is 10.2. The van der Waals surface area contributed by atoms with Crippen molar-refractivity contribution in [1.29, 1.82) is 0 Å². The lowest BCUT2D eigenvalue weighted by molar-refractivity contribution is 0.103. The monoisotopic (exact) mass is 227 g/mol. The van der Waals surface area contributed by atoms with Gasteiger partial charge < -0.3 is 10.8 Å². The van der Waals surface area contributed by atoms with E-state index < -0.39 is 0 Å². The molecule has 2 aromatic carbocycles. The van der Waals surface area contributed by atoms with Crippen LogP contribution in [0.2, 0.25) is 0 Å². The number of rotatable bonds is 2. The number of anilines is 1. The van der Waals surface area contributed by atoms with Gasteiger partial charge in [-0.15, -0.1) is 0 Å². The molecule has 0 radical (unpaired) electrons. The Hall–Kier alpha value is -2.29. The van der Waals surface area contributed by atoms with E-state index in [1.165, 1.54) is 6.07 Å². The van der Waals surface area contributed by atoms with Gasteiger partial charge in [-0.05, 0) is 42.8 Å². The van der Waals surface area contributed by atoms with E-state index in [1.807, 2.05) is 0 Å². The Bertz CT molecular complexity index is 576. The van der Waals surface area contributed by atoms with Crippen LogP contribution >= 0.6 is 0 Å². The average molecular weight is 227 g/mol. The maximum absolute atomic E-state index is 12.2. The molecule has 0 aliphatic carbocycles. The quantitative estimate of drug-likeness (QED) is 0.612. The molecule has 0 aliphatic rings. The summed E-state index contributed by atoms with van der Waals surface area (Å²) in [7, 11) is 0. The third-order valence-corrected chi connectivity index (χ3v) is 2.60. The Morgan fingerprint density at radius 2 is 1.94 bits per heavy atom. The Morgan fingerprint density at radius 3 is 2.59 bits per heavy atom. The number of aromatic hydroxyl groups is 1. The summed E-state index contributed by atoms with van der Waals surface area (Å²) in [4.78, 5) is 12.2. The highest BCUT2D eigenvalue weighted by molar-refractivity contribution is 6.10. The standard InChI is InChI=1S/C14H13NO2/c1-9-7-12(16)5-6-13(9)14(17)10-3-2-4-11(15)8-10/h2-8,16H,15H2,1H3. The maximum Gasteiger partial charge on any atom is 0.193 e. The molecule has 0 atom stereocenters. The first kappa shape index (κ1) is 11.2. The highest BCUT2D eigenvalue weighted by Crippen LogP contribution is 2.19. The number of phenols is 1. The van der Waals surface area contributed by atoms with Crippen molar-refractivity contribution in [2.75, 3.05) is 5.73 Å². The number of phenolic OH excluding ortho intramolecular Hbond substituents is 1. The number of benzene rings is 2. The third-order valence-electron chi connectivity index (χ3n) is 2.60. The van der Waals surface area contributed by atoms with E-state index in [9.17, 15) is 9.90 Å². The van der Waals surface area contributed by atoms with Gasteiger partial charge in [0, 0.05) is 16.8 Å². The van der Waals surface area contributed by atoms with E-state index in [1.54, 1.807) is 43.3 Å². The fourth-order valence-electron chi connectivity index (χ4n) is 1.74. The molecule has 2 aromatic rings. The lowest BCUT2D eigenvalue weighted by Crippen LogP contribution is -2.04. The van der Waals surface area contributed by atoms with Crippen molar-refractivity contribution in [2.45, 2.75) is 6.92 Å². The average Bonchev–Trinajstić information content (AvgIpc) is 2.28. The zero-order valence-corrected chi connectivity index (χ0v) is 9.47. The summed E-state index contributed by atoms with van der Waals surface area (Å²) in [5.41, 5.74) is 8.09. The zero-order valence-electron chi connectivity index (χ0n) is 9.47. The number of nitrogen functional groups attached to an aromatic ring is 1. The van der Waals surface area contributed by atoms with Crippen LogP contribution in [0.4, 0.5) is 5.69 Å². The van der Waals surface area contributed by atoms with Gasteiger partial charge >= 0.3 is 0 Å². The minimum atomic E-state index is -0.0881. The first-order valence-corrected chi connectivity index (χ1v) is 5.28. The van der Waals surface area contributed by atoms with Crippen molar-refractivity contribution >= 4 is 11.5 Å². The first-order chi connectivity index (χ1) is 8.08. The number of carbonyl (C=O) groups excluding carboxylic acids is 1. The lowest BCUT2D eigenvalue weighted by atomic mass is 9.99.